The lowest BCUT2D eigenvalue weighted by Gasteiger charge is -1.89. The highest BCUT2D eigenvalue weighted by Crippen LogP contribution is 1.98. The maximum atomic E-state index is 9.82. The SMILES string of the molecule is O=C(O)CSCC[S]. The van der Waals surface area contributed by atoms with Gasteiger partial charge in [-0.15, -0.1) is 11.8 Å². The number of hydrogen-bond donors (Lipinski definition) is 1. The normalized spacial score (nSPS) is 9.12. The quantitative estimate of drug-likeness (QED) is 0.609. The minimum Gasteiger partial charge on any atom is -0.481 e. The van der Waals surface area contributed by atoms with E-state index in [2.05, 4.69) is 12.6 Å². The summed E-state index contributed by atoms with van der Waals surface area (Å²) in [5.41, 5.74) is 0. The molecule has 0 heterocycles. The van der Waals surface area contributed by atoms with Gasteiger partial charge in [0.1, 0.15) is 0 Å². The lowest BCUT2D eigenvalue weighted by molar-refractivity contribution is -0.133. The van der Waals surface area contributed by atoms with E-state index in [9.17, 15) is 4.79 Å². The van der Waals surface area contributed by atoms with Crippen LogP contribution in [0.4, 0.5) is 0 Å². The van der Waals surface area contributed by atoms with Crippen LogP contribution >= 0.6 is 24.4 Å². The summed E-state index contributed by atoms with van der Waals surface area (Å²) in [7, 11) is 0. The zero-order valence-corrected chi connectivity index (χ0v) is 5.93. The third-order valence-electron chi connectivity index (χ3n) is 0.453. The highest BCUT2D eigenvalue weighted by molar-refractivity contribution is 8.00. The van der Waals surface area contributed by atoms with Gasteiger partial charge in [-0.2, -0.15) is 0 Å². The molecule has 0 amide bonds. The molecule has 0 aliphatic rings. The van der Waals surface area contributed by atoms with Gasteiger partial charge in [-0.1, -0.05) is 12.6 Å². The molecule has 1 radical (unpaired) electrons. The smallest absolute Gasteiger partial charge is 0.313 e. The monoisotopic (exact) mass is 151 g/mol. The van der Waals surface area contributed by atoms with Crippen LogP contribution in [0.3, 0.4) is 0 Å². The molecular formula is C4H7O2S2. The first kappa shape index (κ1) is 8.17. The molecule has 0 saturated heterocycles. The molecule has 47 valence electrons. The first-order chi connectivity index (χ1) is 3.77. The predicted octanol–water partition coefficient (Wildman–Crippen LogP) is 1.00. The Kier molecular flexibility index (Phi) is 5.42. The first-order valence-electron chi connectivity index (χ1n) is 2.15. The van der Waals surface area contributed by atoms with Crippen molar-refractivity contribution in [2.24, 2.45) is 0 Å². The standard InChI is InChI=1S/C4H7O2S2/c5-4(6)3-8-2-1-7/h1-3H2,(H,5,6). The number of rotatable bonds is 4. The van der Waals surface area contributed by atoms with E-state index >= 15 is 0 Å². The Hall–Kier alpha value is 0.170. The summed E-state index contributed by atoms with van der Waals surface area (Å²) < 4.78 is 0. The average molecular weight is 151 g/mol. The predicted molar refractivity (Wildman–Crippen MR) is 37.4 cm³/mol. The Balaban J connectivity index is 2.82. The largest absolute Gasteiger partial charge is 0.481 e. The van der Waals surface area contributed by atoms with Crippen LogP contribution in [0.15, 0.2) is 0 Å². The molecule has 4 heteroatoms. The van der Waals surface area contributed by atoms with Crippen LogP contribution in [0.1, 0.15) is 0 Å². The maximum absolute atomic E-state index is 9.82. The highest BCUT2D eigenvalue weighted by Gasteiger charge is 1.93. The minimum absolute atomic E-state index is 0.177. The highest BCUT2D eigenvalue weighted by atomic mass is 32.2. The number of hydrogen-bond acceptors (Lipinski definition) is 2. The Morgan fingerprint density at radius 1 is 1.75 bits per heavy atom. The van der Waals surface area contributed by atoms with Gasteiger partial charge in [0.15, 0.2) is 0 Å². The van der Waals surface area contributed by atoms with Gasteiger partial charge in [0, 0.05) is 11.5 Å². The number of carboxylic acid groups (broad SMARTS) is 1. The van der Waals surface area contributed by atoms with Crippen molar-refractivity contribution in [3.05, 3.63) is 0 Å². The fourth-order valence-electron chi connectivity index (χ4n) is 0.218. The molecule has 0 bridgehead atoms. The summed E-state index contributed by atoms with van der Waals surface area (Å²) in [5, 5.41) is 8.09. The van der Waals surface area contributed by atoms with Crippen molar-refractivity contribution in [2.75, 3.05) is 17.3 Å². The van der Waals surface area contributed by atoms with Crippen molar-refractivity contribution in [1.82, 2.24) is 0 Å². The average Bonchev–Trinajstić information content (AvgIpc) is 1.66. The summed E-state index contributed by atoms with van der Waals surface area (Å²) >= 11 is 5.95. The Labute approximate surface area is 58.1 Å². The lowest BCUT2D eigenvalue weighted by Crippen LogP contribution is -1.98. The molecule has 1 N–H and O–H groups in total. The third kappa shape index (κ3) is 6.17. The molecular weight excluding hydrogens is 144 g/mol. The second-order valence-electron chi connectivity index (χ2n) is 1.15. The van der Waals surface area contributed by atoms with Crippen LogP contribution < -0.4 is 0 Å². The van der Waals surface area contributed by atoms with E-state index < -0.39 is 5.97 Å². The second kappa shape index (κ2) is 5.31. The van der Waals surface area contributed by atoms with Gasteiger partial charge in [0.2, 0.25) is 0 Å². The van der Waals surface area contributed by atoms with Gasteiger partial charge in [-0.3, -0.25) is 4.79 Å². The van der Waals surface area contributed by atoms with E-state index in [0.29, 0.717) is 5.75 Å². The molecule has 0 fully saturated rings. The molecule has 0 aromatic rings. The van der Waals surface area contributed by atoms with Crippen LogP contribution in [0, 0.1) is 0 Å². The Morgan fingerprint density at radius 3 is 2.75 bits per heavy atom. The zero-order valence-electron chi connectivity index (χ0n) is 4.29. The molecule has 0 atom stereocenters. The zero-order chi connectivity index (χ0) is 6.41. The molecule has 0 aliphatic carbocycles. The van der Waals surface area contributed by atoms with Crippen LogP contribution in [-0.2, 0) is 4.79 Å². The molecule has 0 spiro atoms. The fourth-order valence-corrected chi connectivity index (χ4v) is 1.01. The van der Waals surface area contributed by atoms with E-state index in [1.807, 2.05) is 0 Å². The minimum atomic E-state index is -0.765. The lowest BCUT2D eigenvalue weighted by atomic mass is 10.8. The Bertz CT molecular complexity index is 74.4. The van der Waals surface area contributed by atoms with Crippen molar-refractivity contribution < 1.29 is 9.90 Å². The molecule has 0 aromatic carbocycles. The molecule has 0 unspecified atom stereocenters. The van der Waals surface area contributed by atoms with Crippen molar-refractivity contribution >= 4 is 30.4 Å². The summed E-state index contributed by atoms with van der Waals surface area (Å²) in [4.78, 5) is 9.82. The third-order valence-corrected chi connectivity index (χ3v) is 1.86. The maximum Gasteiger partial charge on any atom is 0.313 e. The molecule has 0 saturated carbocycles. The first-order valence-corrected chi connectivity index (χ1v) is 3.88. The summed E-state index contributed by atoms with van der Waals surface area (Å²) in [6.45, 7) is 0. The molecule has 8 heavy (non-hydrogen) atoms. The number of aliphatic carboxylic acids is 1. The number of carbonyl (C=O) groups is 1. The van der Waals surface area contributed by atoms with Crippen molar-refractivity contribution in [1.29, 1.82) is 0 Å². The topological polar surface area (TPSA) is 37.3 Å². The van der Waals surface area contributed by atoms with Crippen LogP contribution in [-0.4, -0.2) is 28.3 Å². The van der Waals surface area contributed by atoms with Crippen LogP contribution in [0.25, 0.3) is 0 Å². The number of carboxylic acids is 1. The van der Waals surface area contributed by atoms with E-state index in [0.717, 1.165) is 5.75 Å². The fraction of sp³-hybridized carbons (Fsp3) is 0.750. The van der Waals surface area contributed by atoms with Crippen molar-refractivity contribution in [3.63, 3.8) is 0 Å². The summed E-state index contributed by atoms with van der Waals surface area (Å²) in [5.74, 6) is 0.814. The van der Waals surface area contributed by atoms with Gasteiger partial charge in [-0.25, -0.2) is 0 Å². The van der Waals surface area contributed by atoms with Crippen molar-refractivity contribution in [2.45, 2.75) is 0 Å². The van der Waals surface area contributed by atoms with E-state index in [1.165, 1.54) is 11.8 Å². The number of thioether (sulfide) groups is 1. The molecule has 0 rings (SSSR count). The van der Waals surface area contributed by atoms with Gasteiger partial charge >= 0.3 is 5.97 Å². The van der Waals surface area contributed by atoms with Crippen molar-refractivity contribution in [3.8, 4) is 0 Å². The Morgan fingerprint density at radius 2 is 2.38 bits per heavy atom. The van der Waals surface area contributed by atoms with E-state index in [4.69, 9.17) is 5.11 Å². The van der Waals surface area contributed by atoms with Gasteiger partial charge < -0.3 is 5.11 Å². The van der Waals surface area contributed by atoms with Crippen LogP contribution in [0.5, 0.6) is 0 Å². The molecule has 0 aromatic heterocycles. The van der Waals surface area contributed by atoms with Crippen LogP contribution in [0.2, 0.25) is 0 Å². The second-order valence-corrected chi connectivity index (χ2v) is 2.66. The van der Waals surface area contributed by atoms with Gasteiger partial charge in [-0.05, 0) is 0 Å². The summed E-state index contributed by atoms with van der Waals surface area (Å²) in [6.07, 6.45) is 0. The van der Waals surface area contributed by atoms with Gasteiger partial charge in [0.05, 0.1) is 5.75 Å². The van der Waals surface area contributed by atoms with E-state index in [1.54, 1.807) is 0 Å². The molecule has 0 aliphatic heterocycles. The summed E-state index contributed by atoms with van der Waals surface area (Å²) in [6, 6.07) is 0. The molecule has 2 nitrogen and oxygen atoms in total. The van der Waals surface area contributed by atoms with E-state index in [-0.39, 0.29) is 5.75 Å². The van der Waals surface area contributed by atoms with Gasteiger partial charge in [0.25, 0.3) is 0 Å².